The van der Waals surface area contributed by atoms with Crippen molar-refractivity contribution < 1.29 is 9.18 Å². The molecule has 0 radical (unpaired) electrons. The van der Waals surface area contributed by atoms with Gasteiger partial charge in [-0.2, -0.15) is 0 Å². The minimum absolute atomic E-state index is 0.0163. The second kappa shape index (κ2) is 5.08. The highest BCUT2D eigenvalue weighted by atomic mass is 79.9. The van der Waals surface area contributed by atoms with Gasteiger partial charge in [0.15, 0.2) is 0 Å². The Morgan fingerprint density at radius 3 is 2.76 bits per heavy atom. The van der Waals surface area contributed by atoms with Gasteiger partial charge in [0.25, 0.3) is 0 Å². The van der Waals surface area contributed by atoms with Gasteiger partial charge >= 0.3 is 0 Å². The van der Waals surface area contributed by atoms with Crippen LogP contribution in [-0.4, -0.2) is 15.9 Å². The third kappa shape index (κ3) is 2.00. The maximum Gasteiger partial charge on any atom is 0.235 e. The zero-order chi connectivity index (χ0) is 17.2. The Labute approximate surface area is 151 Å². The van der Waals surface area contributed by atoms with E-state index in [0.717, 1.165) is 29.5 Å². The number of halogens is 2. The molecule has 1 N–H and O–H groups in total. The van der Waals surface area contributed by atoms with E-state index in [1.54, 1.807) is 24.7 Å². The van der Waals surface area contributed by atoms with Crippen molar-refractivity contribution in [1.82, 2.24) is 9.97 Å². The van der Waals surface area contributed by atoms with Crippen LogP contribution in [0.3, 0.4) is 0 Å². The molecule has 1 saturated carbocycles. The summed E-state index contributed by atoms with van der Waals surface area (Å²) in [5.41, 5.74) is 2.91. The lowest BCUT2D eigenvalue weighted by atomic mass is 9.57. The average molecular weight is 398 g/mol. The number of nitrogens with one attached hydrogen (secondary N) is 1. The molecule has 25 heavy (non-hydrogen) atoms. The van der Waals surface area contributed by atoms with E-state index >= 15 is 0 Å². The molecule has 1 aliphatic carbocycles. The first kappa shape index (κ1) is 15.0. The number of nitrogens with zero attached hydrogens (tertiary/aromatic N) is 2. The first-order chi connectivity index (χ1) is 12.1. The Morgan fingerprint density at radius 1 is 1.24 bits per heavy atom. The fraction of sp³-hybridized carbons (Fsp3) is 0.211. The molecule has 0 atom stereocenters. The van der Waals surface area contributed by atoms with Gasteiger partial charge in [0, 0.05) is 29.4 Å². The summed E-state index contributed by atoms with van der Waals surface area (Å²) < 4.78 is 14.3. The molecule has 124 valence electrons. The Morgan fingerprint density at radius 2 is 2.00 bits per heavy atom. The molecule has 1 spiro atoms. The fourth-order valence-electron chi connectivity index (χ4n) is 4.20. The number of fused-ring (bicyclic) bond motifs is 4. The van der Waals surface area contributed by atoms with Crippen LogP contribution in [-0.2, 0) is 10.2 Å². The average Bonchev–Trinajstić information content (AvgIpc) is 2.88. The maximum absolute atomic E-state index is 13.9. The predicted octanol–water partition coefficient (Wildman–Crippen LogP) is 4.30. The fourth-order valence-corrected chi connectivity index (χ4v) is 4.54. The van der Waals surface area contributed by atoms with E-state index < -0.39 is 5.41 Å². The smallest absolute Gasteiger partial charge is 0.235 e. The van der Waals surface area contributed by atoms with Gasteiger partial charge in [0.2, 0.25) is 5.91 Å². The Hall–Kier alpha value is -2.34. The summed E-state index contributed by atoms with van der Waals surface area (Å²) in [6.07, 6.45) is 6.68. The van der Waals surface area contributed by atoms with Crippen LogP contribution in [0.25, 0.3) is 10.9 Å². The van der Waals surface area contributed by atoms with Crippen LogP contribution < -0.4 is 5.32 Å². The lowest BCUT2D eigenvalue weighted by Crippen LogP contribution is -2.45. The van der Waals surface area contributed by atoms with Crippen molar-refractivity contribution in [3.05, 3.63) is 64.3 Å². The number of carbonyl (C=O) groups is 1. The SMILES string of the molecule is O=C1Nc2cnc3cc(F)c(Br)cc3c2C12CC(c1ccncc1)C2. The normalized spacial score (nSPS) is 24.2. The summed E-state index contributed by atoms with van der Waals surface area (Å²) in [4.78, 5) is 21.1. The lowest BCUT2D eigenvalue weighted by Gasteiger charge is -2.44. The third-order valence-corrected chi connectivity index (χ3v) is 6.05. The zero-order valence-electron chi connectivity index (χ0n) is 13.1. The first-order valence-corrected chi connectivity index (χ1v) is 8.87. The second-order valence-electron chi connectivity index (χ2n) is 6.75. The van der Waals surface area contributed by atoms with Crippen molar-refractivity contribution in [2.75, 3.05) is 5.32 Å². The molecule has 1 aromatic carbocycles. The highest BCUT2D eigenvalue weighted by molar-refractivity contribution is 9.10. The minimum Gasteiger partial charge on any atom is -0.324 e. The van der Waals surface area contributed by atoms with Gasteiger partial charge in [-0.1, -0.05) is 0 Å². The summed E-state index contributed by atoms with van der Waals surface area (Å²) >= 11 is 3.25. The maximum atomic E-state index is 13.9. The molecule has 6 heteroatoms. The molecule has 3 heterocycles. The predicted molar refractivity (Wildman–Crippen MR) is 95.9 cm³/mol. The topological polar surface area (TPSA) is 54.9 Å². The first-order valence-electron chi connectivity index (χ1n) is 8.08. The summed E-state index contributed by atoms with van der Waals surface area (Å²) in [7, 11) is 0. The Kier molecular flexibility index (Phi) is 3.04. The molecule has 1 fully saturated rings. The van der Waals surface area contributed by atoms with Crippen LogP contribution in [0.4, 0.5) is 10.1 Å². The van der Waals surface area contributed by atoms with Crippen molar-refractivity contribution in [3.8, 4) is 0 Å². The molecule has 1 aliphatic heterocycles. The molecular formula is C19H13BrFN3O. The zero-order valence-corrected chi connectivity index (χ0v) is 14.7. The number of carbonyl (C=O) groups excluding carboxylic acids is 1. The number of pyridine rings is 2. The van der Waals surface area contributed by atoms with E-state index in [2.05, 4.69) is 31.2 Å². The quantitative estimate of drug-likeness (QED) is 0.665. The largest absolute Gasteiger partial charge is 0.324 e. The van der Waals surface area contributed by atoms with Gasteiger partial charge < -0.3 is 5.32 Å². The van der Waals surface area contributed by atoms with Crippen LogP contribution in [0.5, 0.6) is 0 Å². The molecule has 2 aromatic heterocycles. The summed E-state index contributed by atoms with van der Waals surface area (Å²) in [5.74, 6) is -0.0103. The minimum atomic E-state index is -0.554. The van der Waals surface area contributed by atoms with Crippen molar-refractivity contribution in [2.45, 2.75) is 24.2 Å². The molecule has 4 nitrogen and oxygen atoms in total. The van der Waals surface area contributed by atoms with E-state index in [1.807, 2.05) is 12.1 Å². The van der Waals surface area contributed by atoms with Gasteiger partial charge in [-0.15, -0.1) is 0 Å². The molecule has 2 aliphatic rings. The van der Waals surface area contributed by atoms with E-state index in [1.165, 1.54) is 11.6 Å². The van der Waals surface area contributed by atoms with Crippen molar-refractivity contribution in [1.29, 1.82) is 0 Å². The van der Waals surface area contributed by atoms with E-state index in [-0.39, 0.29) is 11.7 Å². The number of hydrogen-bond acceptors (Lipinski definition) is 3. The van der Waals surface area contributed by atoms with Gasteiger partial charge in [-0.05, 0) is 58.5 Å². The third-order valence-electron chi connectivity index (χ3n) is 5.44. The van der Waals surface area contributed by atoms with Crippen LogP contribution in [0.1, 0.15) is 29.9 Å². The van der Waals surface area contributed by atoms with E-state index in [0.29, 0.717) is 15.9 Å². The van der Waals surface area contributed by atoms with Crippen molar-refractivity contribution >= 4 is 38.4 Å². The number of rotatable bonds is 1. The molecule has 3 aromatic rings. The van der Waals surface area contributed by atoms with Gasteiger partial charge in [-0.3, -0.25) is 14.8 Å². The highest BCUT2D eigenvalue weighted by Crippen LogP contribution is 2.58. The van der Waals surface area contributed by atoms with Gasteiger partial charge in [0.05, 0.1) is 27.3 Å². The van der Waals surface area contributed by atoms with Crippen LogP contribution in [0.2, 0.25) is 0 Å². The number of amides is 1. The van der Waals surface area contributed by atoms with E-state index in [9.17, 15) is 9.18 Å². The molecule has 0 saturated heterocycles. The molecule has 5 rings (SSSR count). The Bertz CT molecular complexity index is 1030. The number of anilines is 1. The van der Waals surface area contributed by atoms with Crippen molar-refractivity contribution in [3.63, 3.8) is 0 Å². The van der Waals surface area contributed by atoms with Crippen LogP contribution in [0.15, 0.2) is 47.3 Å². The standard InChI is InChI=1S/C19H13BrFN3O/c20-13-5-12-15(6-14(13)21)23-9-16-17(12)19(18(25)24-16)7-11(8-19)10-1-3-22-4-2-10/h1-6,9,11H,7-8H2,(H,24,25). The van der Waals surface area contributed by atoms with Crippen LogP contribution in [0, 0.1) is 5.82 Å². The monoisotopic (exact) mass is 397 g/mol. The summed E-state index contributed by atoms with van der Waals surface area (Å²) in [5, 5.41) is 3.80. The molecular weight excluding hydrogens is 385 g/mol. The lowest BCUT2D eigenvalue weighted by molar-refractivity contribution is -0.124. The van der Waals surface area contributed by atoms with Gasteiger partial charge in [0.1, 0.15) is 5.82 Å². The number of aromatic nitrogens is 2. The summed E-state index contributed by atoms with van der Waals surface area (Å²) in [6.45, 7) is 0. The Balaban J connectivity index is 1.64. The molecule has 0 bridgehead atoms. The molecule has 1 amide bonds. The van der Waals surface area contributed by atoms with Crippen LogP contribution >= 0.6 is 15.9 Å². The number of benzene rings is 1. The second-order valence-corrected chi connectivity index (χ2v) is 7.61. The van der Waals surface area contributed by atoms with Gasteiger partial charge in [-0.25, -0.2) is 4.39 Å². The highest BCUT2D eigenvalue weighted by Gasteiger charge is 2.56. The van der Waals surface area contributed by atoms with E-state index in [4.69, 9.17) is 0 Å². The van der Waals surface area contributed by atoms with Crippen molar-refractivity contribution in [2.24, 2.45) is 0 Å². The number of hydrogen-bond donors (Lipinski definition) is 1. The molecule has 0 unspecified atom stereocenters. The summed E-state index contributed by atoms with van der Waals surface area (Å²) in [6, 6.07) is 7.15.